The number of hydrogen-bond donors (Lipinski definition) is 1. The van der Waals surface area contributed by atoms with Crippen molar-refractivity contribution in [2.24, 2.45) is 0 Å². The van der Waals surface area contributed by atoms with Gasteiger partial charge in [-0.15, -0.1) is 11.8 Å². The van der Waals surface area contributed by atoms with Gasteiger partial charge in [0, 0.05) is 17.1 Å². The average molecular weight is 285 g/mol. The van der Waals surface area contributed by atoms with Crippen LogP contribution in [-0.4, -0.2) is 6.26 Å². The zero-order valence-corrected chi connectivity index (χ0v) is 13.6. The number of anilines is 1. The summed E-state index contributed by atoms with van der Waals surface area (Å²) in [6, 6.07) is 17.3. The highest BCUT2D eigenvalue weighted by molar-refractivity contribution is 7.98. The monoisotopic (exact) mass is 285 g/mol. The SMILES string of the molecule is CSc1ccc(CNc2ccccc2C(C)(C)C)cc1. The van der Waals surface area contributed by atoms with Crippen LogP contribution in [-0.2, 0) is 12.0 Å². The third kappa shape index (κ3) is 3.80. The second kappa shape index (κ2) is 6.36. The number of rotatable bonds is 4. The van der Waals surface area contributed by atoms with Gasteiger partial charge in [-0.2, -0.15) is 0 Å². The van der Waals surface area contributed by atoms with Gasteiger partial charge in [0.1, 0.15) is 0 Å². The molecule has 2 aromatic carbocycles. The van der Waals surface area contributed by atoms with Gasteiger partial charge in [-0.3, -0.25) is 0 Å². The minimum Gasteiger partial charge on any atom is -0.381 e. The fraction of sp³-hybridized carbons (Fsp3) is 0.333. The van der Waals surface area contributed by atoms with Crippen molar-refractivity contribution in [1.82, 2.24) is 0 Å². The maximum absolute atomic E-state index is 3.57. The van der Waals surface area contributed by atoms with Gasteiger partial charge in [0.15, 0.2) is 0 Å². The molecule has 0 aliphatic carbocycles. The van der Waals surface area contributed by atoms with Crippen LogP contribution in [0, 0.1) is 0 Å². The van der Waals surface area contributed by atoms with Crippen LogP contribution in [0.3, 0.4) is 0 Å². The summed E-state index contributed by atoms with van der Waals surface area (Å²) < 4.78 is 0. The number of thioether (sulfide) groups is 1. The Bertz CT molecular complexity index is 552. The van der Waals surface area contributed by atoms with Crippen molar-refractivity contribution >= 4 is 17.4 Å². The Hall–Kier alpha value is -1.41. The van der Waals surface area contributed by atoms with E-state index < -0.39 is 0 Å². The van der Waals surface area contributed by atoms with Crippen molar-refractivity contribution < 1.29 is 0 Å². The van der Waals surface area contributed by atoms with E-state index in [1.54, 1.807) is 11.8 Å². The first-order valence-corrected chi connectivity index (χ1v) is 8.19. The standard InChI is InChI=1S/C18H23NS/c1-18(2,3)16-7-5-6-8-17(16)19-13-14-9-11-15(20-4)12-10-14/h5-12,19H,13H2,1-4H3. The van der Waals surface area contributed by atoms with E-state index in [1.807, 2.05) is 0 Å². The fourth-order valence-electron chi connectivity index (χ4n) is 2.23. The van der Waals surface area contributed by atoms with Gasteiger partial charge in [-0.25, -0.2) is 0 Å². The highest BCUT2D eigenvalue weighted by atomic mass is 32.2. The maximum atomic E-state index is 3.57. The van der Waals surface area contributed by atoms with E-state index >= 15 is 0 Å². The molecule has 0 fully saturated rings. The first-order chi connectivity index (χ1) is 9.50. The maximum Gasteiger partial charge on any atom is 0.0400 e. The number of hydrogen-bond acceptors (Lipinski definition) is 2. The van der Waals surface area contributed by atoms with Crippen LogP contribution < -0.4 is 5.32 Å². The number of nitrogens with one attached hydrogen (secondary N) is 1. The lowest BCUT2D eigenvalue weighted by Crippen LogP contribution is -2.14. The molecule has 1 N–H and O–H groups in total. The molecule has 2 heteroatoms. The van der Waals surface area contributed by atoms with Crippen molar-refractivity contribution in [3.63, 3.8) is 0 Å². The van der Waals surface area contributed by atoms with Crippen molar-refractivity contribution in [3.8, 4) is 0 Å². The summed E-state index contributed by atoms with van der Waals surface area (Å²) in [5.74, 6) is 0. The van der Waals surface area contributed by atoms with Crippen LogP contribution in [0.4, 0.5) is 5.69 Å². The van der Waals surface area contributed by atoms with Gasteiger partial charge in [0.05, 0.1) is 0 Å². The minimum absolute atomic E-state index is 0.159. The lowest BCUT2D eigenvalue weighted by Gasteiger charge is -2.23. The lowest BCUT2D eigenvalue weighted by molar-refractivity contribution is 0.591. The largest absolute Gasteiger partial charge is 0.381 e. The molecule has 0 atom stereocenters. The van der Waals surface area contributed by atoms with E-state index in [0.29, 0.717) is 0 Å². The molecule has 0 aliphatic rings. The molecule has 0 aliphatic heterocycles. The highest BCUT2D eigenvalue weighted by Gasteiger charge is 2.16. The van der Waals surface area contributed by atoms with Gasteiger partial charge < -0.3 is 5.32 Å². The van der Waals surface area contributed by atoms with E-state index in [-0.39, 0.29) is 5.41 Å². The Balaban J connectivity index is 2.10. The molecule has 2 aromatic rings. The summed E-state index contributed by atoms with van der Waals surface area (Å²) in [5, 5.41) is 3.57. The quantitative estimate of drug-likeness (QED) is 0.763. The molecule has 0 aromatic heterocycles. The van der Waals surface area contributed by atoms with Crippen LogP contribution in [0.2, 0.25) is 0 Å². The molecule has 0 amide bonds. The third-order valence-corrected chi connectivity index (χ3v) is 4.12. The molecule has 0 heterocycles. The third-order valence-electron chi connectivity index (χ3n) is 3.38. The molecule has 106 valence electrons. The van der Waals surface area contributed by atoms with Gasteiger partial charge in [0.25, 0.3) is 0 Å². The van der Waals surface area contributed by atoms with Crippen molar-refractivity contribution in [2.75, 3.05) is 11.6 Å². The van der Waals surface area contributed by atoms with Crippen LogP contribution in [0.15, 0.2) is 53.4 Å². The fourth-order valence-corrected chi connectivity index (χ4v) is 2.64. The molecular weight excluding hydrogens is 262 g/mol. The summed E-state index contributed by atoms with van der Waals surface area (Å²) in [5.41, 5.74) is 4.06. The smallest absolute Gasteiger partial charge is 0.0400 e. The molecule has 20 heavy (non-hydrogen) atoms. The Kier molecular flexibility index (Phi) is 4.77. The normalized spacial score (nSPS) is 11.4. The summed E-state index contributed by atoms with van der Waals surface area (Å²) in [6.45, 7) is 7.62. The van der Waals surface area contributed by atoms with Crippen LogP contribution in [0.1, 0.15) is 31.9 Å². The zero-order valence-electron chi connectivity index (χ0n) is 12.7. The van der Waals surface area contributed by atoms with E-state index in [1.165, 1.54) is 21.7 Å². The first kappa shape index (κ1) is 15.0. The Morgan fingerprint density at radius 3 is 2.20 bits per heavy atom. The topological polar surface area (TPSA) is 12.0 Å². The van der Waals surface area contributed by atoms with E-state index in [0.717, 1.165) is 6.54 Å². The Morgan fingerprint density at radius 1 is 0.950 bits per heavy atom. The van der Waals surface area contributed by atoms with Gasteiger partial charge in [-0.1, -0.05) is 51.1 Å². The van der Waals surface area contributed by atoms with E-state index in [2.05, 4.69) is 80.9 Å². The molecule has 0 spiro atoms. The van der Waals surface area contributed by atoms with Crippen LogP contribution in [0.25, 0.3) is 0 Å². The van der Waals surface area contributed by atoms with Gasteiger partial charge in [-0.05, 0) is 41.0 Å². The predicted molar refractivity (Wildman–Crippen MR) is 90.7 cm³/mol. The van der Waals surface area contributed by atoms with Crippen molar-refractivity contribution in [3.05, 3.63) is 59.7 Å². The molecule has 0 radical (unpaired) electrons. The molecule has 0 bridgehead atoms. The average Bonchev–Trinajstić information content (AvgIpc) is 2.45. The minimum atomic E-state index is 0.159. The summed E-state index contributed by atoms with van der Waals surface area (Å²) in [4.78, 5) is 1.31. The van der Waals surface area contributed by atoms with Crippen LogP contribution >= 0.6 is 11.8 Å². The molecule has 0 saturated carbocycles. The van der Waals surface area contributed by atoms with Gasteiger partial charge in [0.2, 0.25) is 0 Å². The molecular formula is C18H23NS. The van der Waals surface area contributed by atoms with Gasteiger partial charge >= 0.3 is 0 Å². The molecule has 1 nitrogen and oxygen atoms in total. The second-order valence-corrected chi connectivity index (χ2v) is 6.88. The second-order valence-electron chi connectivity index (χ2n) is 6.00. The highest BCUT2D eigenvalue weighted by Crippen LogP contribution is 2.29. The molecule has 0 unspecified atom stereocenters. The van der Waals surface area contributed by atoms with Crippen LogP contribution in [0.5, 0.6) is 0 Å². The number of para-hydroxylation sites is 1. The Labute approximate surface area is 126 Å². The summed E-state index contributed by atoms with van der Waals surface area (Å²) in [7, 11) is 0. The summed E-state index contributed by atoms with van der Waals surface area (Å²) >= 11 is 1.78. The van der Waals surface area contributed by atoms with Crippen molar-refractivity contribution in [2.45, 2.75) is 37.6 Å². The lowest BCUT2D eigenvalue weighted by atomic mass is 9.86. The predicted octanol–water partition coefficient (Wildman–Crippen LogP) is 5.32. The number of benzene rings is 2. The molecule has 2 rings (SSSR count). The van der Waals surface area contributed by atoms with Crippen molar-refractivity contribution in [1.29, 1.82) is 0 Å². The van der Waals surface area contributed by atoms with E-state index in [9.17, 15) is 0 Å². The Morgan fingerprint density at radius 2 is 1.60 bits per heavy atom. The van der Waals surface area contributed by atoms with E-state index in [4.69, 9.17) is 0 Å². The molecule has 0 saturated heterocycles. The zero-order chi connectivity index (χ0) is 14.6. The summed E-state index contributed by atoms with van der Waals surface area (Å²) in [6.07, 6.45) is 2.10. The first-order valence-electron chi connectivity index (χ1n) is 6.97.